The highest BCUT2D eigenvalue weighted by Gasteiger charge is 2.10. The molecule has 0 bridgehead atoms. The van der Waals surface area contributed by atoms with Crippen LogP contribution in [0.2, 0.25) is 0 Å². The fourth-order valence-corrected chi connectivity index (χ4v) is 3.16. The van der Waals surface area contributed by atoms with E-state index in [0.29, 0.717) is 24.5 Å². The lowest BCUT2D eigenvalue weighted by Gasteiger charge is -2.17. The first-order chi connectivity index (χ1) is 13.0. The van der Waals surface area contributed by atoms with Crippen LogP contribution in [0.3, 0.4) is 0 Å². The number of ether oxygens (including phenoxy) is 2. The largest absolute Gasteiger partial charge is 0.497 e. The Kier molecular flexibility index (Phi) is 8.00. The SMILES string of the molecule is COc1ccc(SCCC(=O)N(C)Cc2ccc(OCC(=O)O)cc2)cc1. The number of carboxylic acids is 1. The number of aliphatic carboxylic acids is 1. The maximum absolute atomic E-state index is 12.3. The highest BCUT2D eigenvalue weighted by Crippen LogP contribution is 2.22. The third kappa shape index (κ3) is 7.22. The third-order valence-corrected chi connectivity index (χ3v) is 4.79. The van der Waals surface area contributed by atoms with Crippen molar-refractivity contribution in [1.29, 1.82) is 0 Å². The van der Waals surface area contributed by atoms with E-state index in [9.17, 15) is 9.59 Å². The molecule has 7 heteroatoms. The molecule has 2 rings (SSSR count). The summed E-state index contributed by atoms with van der Waals surface area (Å²) in [5.41, 5.74) is 0.955. The lowest BCUT2D eigenvalue weighted by molar-refractivity contribution is -0.139. The van der Waals surface area contributed by atoms with Gasteiger partial charge in [-0.2, -0.15) is 0 Å². The van der Waals surface area contributed by atoms with Gasteiger partial charge in [0, 0.05) is 30.7 Å². The van der Waals surface area contributed by atoms with Crippen molar-refractivity contribution in [3.63, 3.8) is 0 Å². The van der Waals surface area contributed by atoms with Crippen LogP contribution < -0.4 is 9.47 Å². The summed E-state index contributed by atoms with van der Waals surface area (Å²) in [7, 11) is 3.41. The highest BCUT2D eigenvalue weighted by molar-refractivity contribution is 7.99. The summed E-state index contributed by atoms with van der Waals surface area (Å²) < 4.78 is 10.2. The lowest BCUT2D eigenvalue weighted by Crippen LogP contribution is -2.26. The van der Waals surface area contributed by atoms with Gasteiger partial charge in [-0.3, -0.25) is 4.79 Å². The minimum atomic E-state index is -1.02. The Labute approximate surface area is 163 Å². The van der Waals surface area contributed by atoms with Crippen LogP contribution in [0.5, 0.6) is 11.5 Å². The fourth-order valence-electron chi connectivity index (χ4n) is 2.32. The number of carbonyl (C=O) groups excluding carboxylic acids is 1. The van der Waals surface area contributed by atoms with Gasteiger partial charge in [-0.05, 0) is 42.0 Å². The van der Waals surface area contributed by atoms with Crippen molar-refractivity contribution in [2.75, 3.05) is 26.5 Å². The van der Waals surface area contributed by atoms with Gasteiger partial charge < -0.3 is 19.5 Å². The molecule has 0 radical (unpaired) electrons. The number of hydrogen-bond acceptors (Lipinski definition) is 5. The van der Waals surface area contributed by atoms with Crippen molar-refractivity contribution < 1.29 is 24.2 Å². The Morgan fingerprint density at radius 2 is 1.67 bits per heavy atom. The van der Waals surface area contributed by atoms with E-state index in [2.05, 4.69) is 0 Å². The van der Waals surface area contributed by atoms with Crippen molar-refractivity contribution in [2.24, 2.45) is 0 Å². The molecule has 0 aliphatic carbocycles. The van der Waals surface area contributed by atoms with Crippen molar-refractivity contribution in [1.82, 2.24) is 4.90 Å². The van der Waals surface area contributed by atoms with Gasteiger partial charge in [0.05, 0.1) is 7.11 Å². The van der Waals surface area contributed by atoms with Crippen molar-refractivity contribution >= 4 is 23.6 Å². The van der Waals surface area contributed by atoms with E-state index in [1.165, 1.54) is 0 Å². The molecule has 0 aliphatic rings. The van der Waals surface area contributed by atoms with Crippen molar-refractivity contribution in [3.8, 4) is 11.5 Å². The summed E-state index contributed by atoms with van der Waals surface area (Å²) in [6, 6.07) is 14.8. The van der Waals surface area contributed by atoms with Crippen LogP contribution in [-0.4, -0.2) is 48.4 Å². The number of nitrogens with zero attached hydrogens (tertiary/aromatic N) is 1. The Morgan fingerprint density at radius 3 is 2.26 bits per heavy atom. The molecule has 0 fully saturated rings. The smallest absolute Gasteiger partial charge is 0.341 e. The number of benzene rings is 2. The van der Waals surface area contributed by atoms with Gasteiger partial charge in [0.15, 0.2) is 6.61 Å². The van der Waals surface area contributed by atoms with Crippen molar-refractivity contribution in [3.05, 3.63) is 54.1 Å². The molecule has 27 heavy (non-hydrogen) atoms. The maximum Gasteiger partial charge on any atom is 0.341 e. The summed E-state index contributed by atoms with van der Waals surface area (Å²) in [6.07, 6.45) is 0.451. The van der Waals surface area contributed by atoms with E-state index < -0.39 is 5.97 Å². The van der Waals surface area contributed by atoms with Gasteiger partial charge in [-0.25, -0.2) is 4.79 Å². The molecule has 0 saturated heterocycles. The second-order valence-corrected chi connectivity index (χ2v) is 7.02. The van der Waals surface area contributed by atoms with Gasteiger partial charge in [0.25, 0.3) is 0 Å². The molecule has 0 spiro atoms. The summed E-state index contributed by atoms with van der Waals surface area (Å²) >= 11 is 1.63. The monoisotopic (exact) mass is 389 g/mol. The molecule has 6 nitrogen and oxygen atoms in total. The van der Waals surface area contributed by atoms with Crippen LogP contribution in [0.1, 0.15) is 12.0 Å². The van der Waals surface area contributed by atoms with E-state index >= 15 is 0 Å². The number of rotatable bonds is 10. The molecule has 0 saturated carbocycles. The average molecular weight is 389 g/mol. The highest BCUT2D eigenvalue weighted by atomic mass is 32.2. The Bertz CT molecular complexity index is 746. The molecule has 0 unspecified atom stereocenters. The second kappa shape index (κ2) is 10.5. The molecule has 0 atom stereocenters. The molecule has 1 N–H and O–H groups in total. The van der Waals surface area contributed by atoms with Gasteiger partial charge in [0.2, 0.25) is 5.91 Å². The third-order valence-electron chi connectivity index (χ3n) is 3.78. The Hall–Kier alpha value is -2.67. The molecule has 2 aromatic rings. The second-order valence-electron chi connectivity index (χ2n) is 5.85. The summed E-state index contributed by atoms with van der Waals surface area (Å²) in [6.45, 7) is 0.120. The van der Waals surface area contributed by atoms with Crippen LogP contribution >= 0.6 is 11.8 Å². The topological polar surface area (TPSA) is 76.1 Å². The number of hydrogen-bond donors (Lipinski definition) is 1. The molecule has 0 aromatic heterocycles. The van der Waals surface area contributed by atoms with Crippen LogP contribution in [0.4, 0.5) is 0 Å². The van der Waals surface area contributed by atoms with Gasteiger partial charge in [-0.1, -0.05) is 12.1 Å². The molecule has 0 heterocycles. The summed E-state index contributed by atoms with van der Waals surface area (Å²) in [5, 5.41) is 8.60. The zero-order valence-corrected chi connectivity index (χ0v) is 16.2. The van der Waals surface area contributed by atoms with Crippen LogP contribution in [0.15, 0.2) is 53.4 Å². The first-order valence-electron chi connectivity index (χ1n) is 8.42. The molecular weight excluding hydrogens is 366 g/mol. The number of carbonyl (C=O) groups is 2. The predicted octanol–water partition coefficient (Wildman–Crippen LogP) is 3.30. The zero-order valence-electron chi connectivity index (χ0n) is 15.4. The van der Waals surface area contributed by atoms with E-state index in [4.69, 9.17) is 14.6 Å². The first-order valence-corrected chi connectivity index (χ1v) is 9.41. The van der Waals surface area contributed by atoms with E-state index in [-0.39, 0.29) is 12.5 Å². The quantitative estimate of drug-likeness (QED) is 0.629. The van der Waals surface area contributed by atoms with Gasteiger partial charge in [-0.15, -0.1) is 11.8 Å². The summed E-state index contributed by atoms with van der Waals surface area (Å²) in [5.74, 6) is 1.07. The minimum absolute atomic E-state index is 0.0715. The lowest BCUT2D eigenvalue weighted by atomic mass is 10.2. The zero-order chi connectivity index (χ0) is 19.6. The van der Waals surface area contributed by atoms with Gasteiger partial charge >= 0.3 is 5.97 Å². The molecular formula is C20H23NO5S. The Balaban J connectivity index is 1.74. The number of methoxy groups -OCH3 is 1. The predicted molar refractivity (Wildman–Crippen MR) is 104 cm³/mol. The first kappa shape index (κ1) is 20.6. The molecule has 144 valence electrons. The fraction of sp³-hybridized carbons (Fsp3) is 0.300. The van der Waals surface area contributed by atoms with Crippen LogP contribution in [0.25, 0.3) is 0 Å². The minimum Gasteiger partial charge on any atom is -0.497 e. The van der Waals surface area contributed by atoms with Gasteiger partial charge in [0.1, 0.15) is 11.5 Å². The molecule has 2 aromatic carbocycles. The standard InChI is InChI=1S/C20H23NO5S/c1-21(13-15-3-5-17(6-4-15)26-14-20(23)24)19(22)11-12-27-18-9-7-16(25-2)8-10-18/h3-10H,11-14H2,1-2H3,(H,23,24). The van der Waals surface area contributed by atoms with Crippen LogP contribution in [0, 0.1) is 0 Å². The van der Waals surface area contributed by atoms with Crippen LogP contribution in [-0.2, 0) is 16.1 Å². The molecule has 1 amide bonds. The molecule has 0 aliphatic heterocycles. The number of thioether (sulfide) groups is 1. The number of carboxylic acid groups (broad SMARTS) is 1. The summed E-state index contributed by atoms with van der Waals surface area (Å²) in [4.78, 5) is 25.6. The maximum atomic E-state index is 12.3. The van der Waals surface area contributed by atoms with E-state index in [1.54, 1.807) is 43.0 Å². The average Bonchev–Trinajstić information content (AvgIpc) is 2.67. The normalized spacial score (nSPS) is 10.3. The van der Waals surface area contributed by atoms with E-state index in [0.717, 1.165) is 16.2 Å². The number of amides is 1. The Morgan fingerprint density at radius 1 is 1.04 bits per heavy atom. The van der Waals surface area contributed by atoms with Crippen molar-refractivity contribution in [2.45, 2.75) is 17.9 Å². The van der Waals surface area contributed by atoms with E-state index in [1.807, 2.05) is 36.4 Å².